The van der Waals surface area contributed by atoms with E-state index >= 15 is 0 Å². The monoisotopic (exact) mass is 220 g/mol. The Labute approximate surface area is 86.4 Å². The first-order chi connectivity index (χ1) is 6.58. The zero-order valence-electron chi connectivity index (χ0n) is 8.78. The predicted molar refractivity (Wildman–Crippen MR) is 56.9 cm³/mol. The van der Waals surface area contributed by atoms with E-state index < -0.39 is 9.84 Å². The van der Waals surface area contributed by atoms with Crippen LogP contribution in [-0.4, -0.2) is 31.1 Å². The van der Waals surface area contributed by atoms with Gasteiger partial charge in [-0.2, -0.15) is 0 Å². The number of aliphatic hydroxyl groups is 1. The summed E-state index contributed by atoms with van der Waals surface area (Å²) in [5.41, 5.74) is 0. The minimum absolute atomic E-state index is 0.150. The molecule has 4 heteroatoms. The molecule has 3 nitrogen and oxygen atoms in total. The molecular weight excluding hydrogens is 200 g/mol. The molecule has 1 N–H and O–H groups in total. The van der Waals surface area contributed by atoms with Crippen molar-refractivity contribution in [3.8, 4) is 0 Å². The number of sulfone groups is 1. The fraction of sp³-hybridized carbons (Fsp3) is 1.00. The van der Waals surface area contributed by atoms with Crippen LogP contribution in [0.5, 0.6) is 0 Å². The van der Waals surface area contributed by atoms with Crippen molar-refractivity contribution in [2.45, 2.75) is 44.3 Å². The van der Waals surface area contributed by atoms with Crippen molar-refractivity contribution in [2.75, 3.05) is 12.4 Å². The second kappa shape index (κ2) is 5.12. The highest BCUT2D eigenvalue weighted by Crippen LogP contribution is 2.27. The fourth-order valence-corrected chi connectivity index (χ4v) is 4.50. The Balaban J connectivity index is 2.56. The van der Waals surface area contributed by atoms with Gasteiger partial charge in [-0.05, 0) is 31.6 Å². The average Bonchev–Trinajstić information content (AvgIpc) is 2.13. The molecule has 0 radical (unpaired) electrons. The molecule has 84 valence electrons. The zero-order valence-corrected chi connectivity index (χ0v) is 9.59. The van der Waals surface area contributed by atoms with E-state index in [1.807, 2.05) is 6.92 Å². The maximum absolute atomic E-state index is 11.7. The van der Waals surface area contributed by atoms with Crippen LogP contribution in [0.4, 0.5) is 0 Å². The highest BCUT2D eigenvalue weighted by atomic mass is 32.2. The number of hydrogen-bond acceptors (Lipinski definition) is 3. The van der Waals surface area contributed by atoms with Crippen LogP contribution in [0.1, 0.15) is 39.0 Å². The molecule has 0 spiro atoms. The first-order valence-electron chi connectivity index (χ1n) is 5.40. The van der Waals surface area contributed by atoms with E-state index in [0.29, 0.717) is 12.2 Å². The molecule has 0 aromatic carbocycles. The lowest BCUT2D eigenvalue weighted by Gasteiger charge is -2.27. The van der Waals surface area contributed by atoms with Gasteiger partial charge in [0, 0.05) is 6.61 Å². The van der Waals surface area contributed by atoms with Crippen LogP contribution in [0.15, 0.2) is 0 Å². The highest BCUT2D eigenvalue weighted by Gasteiger charge is 2.32. The summed E-state index contributed by atoms with van der Waals surface area (Å²) in [5, 5.41) is 8.54. The molecule has 2 unspecified atom stereocenters. The van der Waals surface area contributed by atoms with E-state index in [2.05, 4.69) is 0 Å². The largest absolute Gasteiger partial charge is 0.396 e. The van der Waals surface area contributed by atoms with E-state index in [9.17, 15) is 8.42 Å². The van der Waals surface area contributed by atoms with Gasteiger partial charge in [0.25, 0.3) is 0 Å². The quantitative estimate of drug-likeness (QED) is 0.778. The summed E-state index contributed by atoms with van der Waals surface area (Å²) < 4.78 is 23.4. The van der Waals surface area contributed by atoms with Crippen molar-refractivity contribution in [2.24, 2.45) is 5.92 Å². The Morgan fingerprint density at radius 1 is 1.43 bits per heavy atom. The second-order valence-corrected chi connectivity index (χ2v) is 6.58. The van der Waals surface area contributed by atoms with Crippen LogP contribution in [0.2, 0.25) is 0 Å². The Morgan fingerprint density at radius 3 is 2.71 bits per heavy atom. The Kier molecular flexibility index (Phi) is 4.38. The lowest BCUT2D eigenvalue weighted by atomic mass is 9.97. The van der Waals surface area contributed by atoms with Gasteiger partial charge >= 0.3 is 0 Å². The highest BCUT2D eigenvalue weighted by molar-refractivity contribution is 7.92. The van der Waals surface area contributed by atoms with Crippen molar-refractivity contribution >= 4 is 9.84 Å². The minimum atomic E-state index is -2.83. The van der Waals surface area contributed by atoms with Gasteiger partial charge < -0.3 is 5.11 Å². The maximum atomic E-state index is 11.7. The second-order valence-electron chi connectivity index (χ2n) is 4.24. The molecule has 1 aliphatic rings. The molecule has 0 aromatic heterocycles. The van der Waals surface area contributed by atoms with E-state index in [4.69, 9.17) is 5.11 Å². The summed E-state index contributed by atoms with van der Waals surface area (Å²) in [6, 6.07) is 0. The van der Waals surface area contributed by atoms with E-state index in [-0.39, 0.29) is 17.8 Å². The summed E-state index contributed by atoms with van der Waals surface area (Å²) >= 11 is 0. The third-order valence-electron chi connectivity index (χ3n) is 3.08. The molecule has 0 aromatic rings. The van der Waals surface area contributed by atoms with E-state index in [0.717, 1.165) is 25.7 Å². The molecule has 1 fully saturated rings. The Morgan fingerprint density at radius 2 is 2.14 bits per heavy atom. The van der Waals surface area contributed by atoms with Crippen LogP contribution in [-0.2, 0) is 9.84 Å². The summed E-state index contributed by atoms with van der Waals surface area (Å²) in [6.07, 6.45) is 4.21. The molecule has 0 bridgehead atoms. The summed E-state index contributed by atoms with van der Waals surface area (Å²) in [6.45, 7) is 2.15. The topological polar surface area (TPSA) is 54.4 Å². The van der Waals surface area contributed by atoms with E-state index in [1.165, 1.54) is 0 Å². The van der Waals surface area contributed by atoms with Gasteiger partial charge in [-0.1, -0.05) is 13.3 Å². The predicted octanol–water partition coefficient (Wildman–Crippen LogP) is 1.36. The molecule has 0 saturated carbocycles. The zero-order chi connectivity index (χ0) is 10.6. The Bertz CT molecular complexity index is 259. The molecular formula is C10H20O3S. The van der Waals surface area contributed by atoms with Crippen LogP contribution >= 0.6 is 0 Å². The van der Waals surface area contributed by atoms with Crippen LogP contribution in [0, 0.1) is 5.92 Å². The van der Waals surface area contributed by atoms with Crippen LogP contribution in [0.25, 0.3) is 0 Å². The Hall–Kier alpha value is -0.0900. The van der Waals surface area contributed by atoms with Gasteiger partial charge in [0.05, 0.1) is 11.0 Å². The number of rotatable bonds is 4. The molecule has 0 amide bonds. The molecule has 2 atom stereocenters. The first-order valence-corrected chi connectivity index (χ1v) is 7.12. The lowest BCUT2D eigenvalue weighted by Crippen LogP contribution is -2.33. The smallest absolute Gasteiger partial charge is 0.153 e. The van der Waals surface area contributed by atoms with Gasteiger partial charge in [-0.3, -0.25) is 0 Å². The third kappa shape index (κ3) is 2.95. The average molecular weight is 220 g/mol. The number of aliphatic hydroxyl groups excluding tert-OH is 1. The first kappa shape index (κ1) is 12.0. The summed E-state index contributed by atoms with van der Waals surface area (Å²) in [4.78, 5) is 0. The number of hydrogen-bond donors (Lipinski definition) is 1. The van der Waals surface area contributed by atoms with Gasteiger partial charge in [-0.15, -0.1) is 0 Å². The standard InChI is InChI=1S/C10H20O3S/c1-9(5-4-7-11)10-6-2-3-8-14(10,12)13/h9-11H,2-8H2,1H3. The van der Waals surface area contributed by atoms with Crippen LogP contribution in [0.3, 0.4) is 0 Å². The normalized spacial score (nSPS) is 28.6. The van der Waals surface area contributed by atoms with Gasteiger partial charge in [0.2, 0.25) is 0 Å². The van der Waals surface area contributed by atoms with E-state index in [1.54, 1.807) is 0 Å². The maximum Gasteiger partial charge on any atom is 0.153 e. The van der Waals surface area contributed by atoms with Crippen molar-refractivity contribution in [3.05, 3.63) is 0 Å². The van der Waals surface area contributed by atoms with Crippen molar-refractivity contribution in [1.29, 1.82) is 0 Å². The fourth-order valence-electron chi connectivity index (χ4n) is 2.22. The van der Waals surface area contributed by atoms with Crippen molar-refractivity contribution in [1.82, 2.24) is 0 Å². The SMILES string of the molecule is CC(CCCO)C1CCCCS1(=O)=O. The molecule has 1 heterocycles. The van der Waals surface area contributed by atoms with Gasteiger partial charge in [0.15, 0.2) is 9.84 Å². The molecule has 14 heavy (non-hydrogen) atoms. The van der Waals surface area contributed by atoms with Gasteiger partial charge in [0.1, 0.15) is 0 Å². The molecule has 1 rings (SSSR count). The molecule has 1 saturated heterocycles. The molecule has 1 aliphatic heterocycles. The third-order valence-corrected chi connectivity index (χ3v) is 5.56. The summed E-state index contributed by atoms with van der Waals surface area (Å²) in [5.74, 6) is 0.564. The van der Waals surface area contributed by atoms with Crippen molar-refractivity contribution in [3.63, 3.8) is 0 Å². The van der Waals surface area contributed by atoms with Crippen molar-refractivity contribution < 1.29 is 13.5 Å². The minimum Gasteiger partial charge on any atom is -0.396 e. The molecule has 0 aliphatic carbocycles. The summed E-state index contributed by atoms with van der Waals surface area (Å²) in [7, 11) is -2.83. The lowest BCUT2D eigenvalue weighted by molar-refractivity contribution is 0.270. The van der Waals surface area contributed by atoms with Gasteiger partial charge in [-0.25, -0.2) is 8.42 Å². The van der Waals surface area contributed by atoms with Crippen LogP contribution < -0.4 is 0 Å².